The van der Waals surface area contributed by atoms with Gasteiger partial charge < -0.3 is 5.11 Å². The van der Waals surface area contributed by atoms with Crippen LogP contribution in [0.25, 0.3) is 0 Å². The monoisotopic (exact) mass is 317 g/mol. The molecule has 3 rings (SSSR count). The van der Waals surface area contributed by atoms with Crippen molar-refractivity contribution in [1.29, 1.82) is 0 Å². The lowest BCUT2D eigenvalue weighted by Crippen LogP contribution is -2.14. The summed E-state index contributed by atoms with van der Waals surface area (Å²) in [6.45, 7) is 2.23. The molecule has 0 unspecified atom stereocenters. The highest BCUT2D eigenvalue weighted by Gasteiger charge is 2.24. The van der Waals surface area contributed by atoms with Gasteiger partial charge in [0, 0.05) is 12.4 Å². The van der Waals surface area contributed by atoms with Gasteiger partial charge in [-0.3, -0.25) is 4.98 Å². The van der Waals surface area contributed by atoms with Gasteiger partial charge in [-0.25, -0.2) is 0 Å². The Morgan fingerprint density at radius 3 is 2.04 bits per heavy atom. The third-order valence-electron chi connectivity index (χ3n) is 4.68. The molecule has 2 heteroatoms. The molecule has 0 saturated carbocycles. The van der Waals surface area contributed by atoms with Crippen molar-refractivity contribution in [2.24, 2.45) is 0 Å². The van der Waals surface area contributed by atoms with Crippen LogP contribution in [0, 0.1) is 0 Å². The van der Waals surface area contributed by atoms with Crippen LogP contribution in [-0.2, 0) is 6.42 Å². The molecule has 0 saturated heterocycles. The second-order valence-electron chi connectivity index (χ2n) is 6.18. The topological polar surface area (TPSA) is 33.1 Å². The van der Waals surface area contributed by atoms with E-state index in [0.717, 1.165) is 12.8 Å². The molecule has 0 fully saturated rings. The van der Waals surface area contributed by atoms with E-state index in [1.54, 1.807) is 12.1 Å². The Labute approximate surface area is 143 Å². The summed E-state index contributed by atoms with van der Waals surface area (Å²) in [5, 5.41) is 9.59. The number of nitrogens with zero attached hydrogens (tertiary/aromatic N) is 1. The molecule has 1 aromatic heterocycles. The van der Waals surface area contributed by atoms with Gasteiger partial charge in [0.15, 0.2) is 0 Å². The maximum absolute atomic E-state index is 9.59. The summed E-state index contributed by atoms with van der Waals surface area (Å²) < 4.78 is 0. The van der Waals surface area contributed by atoms with E-state index in [1.807, 2.05) is 24.5 Å². The molecular weight excluding hydrogens is 294 g/mol. The predicted molar refractivity (Wildman–Crippen MR) is 98.3 cm³/mol. The smallest absolute Gasteiger partial charge is 0.115 e. The van der Waals surface area contributed by atoms with Gasteiger partial charge in [-0.15, -0.1) is 0 Å². The van der Waals surface area contributed by atoms with Gasteiger partial charge in [0.25, 0.3) is 0 Å². The molecule has 122 valence electrons. The number of rotatable bonds is 6. The molecule has 2 nitrogen and oxygen atoms in total. The van der Waals surface area contributed by atoms with Crippen LogP contribution in [0.4, 0.5) is 0 Å². The van der Waals surface area contributed by atoms with Gasteiger partial charge in [-0.1, -0.05) is 49.4 Å². The summed E-state index contributed by atoms with van der Waals surface area (Å²) in [5.74, 6) is 1.09. The molecule has 2 aromatic carbocycles. The van der Waals surface area contributed by atoms with Crippen molar-refractivity contribution in [2.75, 3.05) is 0 Å². The molecule has 0 aliphatic carbocycles. The maximum Gasteiger partial charge on any atom is 0.115 e. The zero-order valence-electron chi connectivity index (χ0n) is 14.0. The van der Waals surface area contributed by atoms with Crippen LogP contribution >= 0.6 is 0 Å². The lowest BCUT2D eigenvalue weighted by atomic mass is 9.77. The predicted octanol–water partition coefficient (Wildman–Crippen LogP) is 5.31. The van der Waals surface area contributed by atoms with Gasteiger partial charge in [-0.2, -0.15) is 0 Å². The van der Waals surface area contributed by atoms with Crippen LogP contribution in [0.5, 0.6) is 5.75 Å². The van der Waals surface area contributed by atoms with E-state index in [0.29, 0.717) is 17.6 Å². The normalized spacial score (nSPS) is 13.4. The van der Waals surface area contributed by atoms with Gasteiger partial charge in [0.2, 0.25) is 0 Å². The molecule has 0 bridgehead atoms. The van der Waals surface area contributed by atoms with Crippen molar-refractivity contribution in [2.45, 2.75) is 31.6 Å². The molecule has 0 radical (unpaired) electrons. The Morgan fingerprint density at radius 1 is 0.792 bits per heavy atom. The van der Waals surface area contributed by atoms with Gasteiger partial charge in [0.1, 0.15) is 5.75 Å². The molecule has 3 aromatic rings. The van der Waals surface area contributed by atoms with E-state index in [9.17, 15) is 5.11 Å². The number of hydrogen-bond donors (Lipinski definition) is 1. The largest absolute Gasteiger partial charge is 0.508 e. The van der Waals surface area contributed by atoms with E-state index in [2.05, 4.69) is 54.4 Å². The fraction of sp³-hybridized carbons (Fsp3) is 0.227. The first-order chi connectivity index (χ1) is 11.8. The van der Waals surface area contributed by atoms with Crippen molar-refractivity contribution in [3.8, 4) is 5.75 Å². The highest BCUT2D eigenvalue weighted by molar-refractivity contribution is 5.33. The van der Waals surface area contributed by atoms with Gasteiger partial charge in [0.05, 0.1) is 0 Å². The summed E-state index contributed by atoms with van der Waals surface area (Å²) in [5.41, 5.74) is 3.93. The molecule has 0 aliphatic rings. The fourth-order valence-electron chi connectivity index (χ4n) is 3.45. The average molecular weight is 317 g/mol. The SMILES string of the molecule is CC[C@H](c1ccc(O)cc1)[C@H](Cc1ccccc1)c1ccncc1. The minimum Gasteiger partial charge on any atom is -0.508 e. The number of phenols is 1. The van der Waals surface area contributed by atoms with Crippen LogP contribution in [0.2, 0.25) is 0 Å². The molecule has 1 N–H and O–H groups in total. The Kier molecular flexibility index (Phi) is 5.27. The molecule has 0 aliphatic heterocycles. The number of pyridine rings is 1. The molecule has 24 heavy (non-hydrogen) atoms. The van der Waals surface area contributed by atoms with Crippen molar-refractivity contribution in [3.63, 3.8) is 0 Å². The molecule has 0 amide bonds. The first kappa shape index (κ1) is 16.3. The van der Waals surface area contributed by atoms with Gasteiger partial charge in [-0.05, 0) is 65.6 Å². The van der Waals surface area contributed by atoms with Crippen molar-refractivity contribution < 1.29 is 5.11 Å². The first-order valence-corrected chi connectivity index (χ1v) is 8.50. The van der Waals surface area contributed by atoms with Gasteiger partial charge >= 0.3 is 0 Å². The highest BCUT2D eigenvalue weighted by atomic mass is 16.3. The number of hydrogen-bond acceptors (Lipinski definition) is 2. The van der Waals surface area contributed by atoms with Crippen molar-refractivity contribution in [3.05, 3.63) is 95.8 Å². The standard InChI is InChI=1S/C22H23NO/c1-2-21(18-8-10-20(24)11-9-18)22(19-12-14-23-15-13-19)16-17-6-4-3-5-7-17/h3-15,21-22,24H,2,16H2,1H3/t21-,22-/m1/s1. The van der Waals surface area contributed by atoms with E-state index < -0.39 is 0 Å². The number of aromatic hydroxyl groups is 1. The summed E-state index contributed by atoms with van der Waals surface area (Å²) >= 11 is 0. The third-order valence-corrected chi connectivity index (χ3v) is 4.68. The second-order valence-corrected chi connectivity index (χ2v) is 6.18. The summed E-state index contributed by atoms with van der Waals surface area (Å²) in [6, 6.07) is 22.5. The Morgan fingerprint density at radius 2 is 1.42 bits per heavy atom. The number of benzene rings is 2. The van der Waals surface area contributed by atoms with Crippen LogP contribution in [0.3, 0.4) is 0 Å². The fourth-order valence-corrected chi connectivity index (χ4v) is 3.45. The highest BCUT2D eigenvalue weighted by Crippen LogP contribution is 2.38. The lowest BCUT2D eigenvalue weighted by Gasteiger charge is -2.27. The Balaban J connectivity index is 1.97. The van der Waals surface area contributed by atoms with E-state index >= 15 is 0 Å². The van der Waals surface area contributed by atoms with E-state index in [-0.39, 0.29) is 0 Å². The van der Waals surface area contributed by atoms with E-state index in [4.69, 9.17) is 0 Å². The Hall–Kier alpha value is -2.61. The second kappa shape index (κ2) is 7.78. The van der Waals surface area contributed by atoms with Crippen molar-refractivity contribution in [1.82, 2.24) is 4.98 Å². The first-order valence-electron chi connectivity index (χ1n) is 8.50. The molecular formula is C22H23NO. The van der Waals surface area contributed by atoms with E-state index in [1.165, 1.54) is 16.7 Å². The third kappa shape index (κ3) is 3.83. The Bertz CT molecular complexity index is 738. The number of phenolic OH excluding ortho intramolecular Hbond substituents is 1. The summed E-state index contributed by atoms with van der Waals surface area (Å²) in [7, 11) is 0. The zero-order chi connectivity index (χ0) is 16.8. The summed E-state index contributed by atoms with van der Waals surface area (Å²) in [4.78, 5) is 4.17. The summed E-state index contributed by atoms with van der Waals surface area (Å²) in [6.07, 6.45) is 5.78. The minimum absolute atomic E-state index is 0.317. The average Bonchev–Trinajstić information content (AvgIpc) is 2.64. The number of aromatic nitrogens is 1. The quantitative estimate of drug-likeness (QED) is 0.668. The van der Waals surface area contributed by atoms with Crippen LogP contribution in [0.1, 0.15) is 41.9 Å². The molecule has 2 atom stereocenters. The van der Waals surface area contributed by atoms with Crippen LogP contribution < -0.4 is 0 Å². The maximum atomic E-state index is 9.59. The molecule has 0 spiro atoms. The van der Waals surface area contributed by atoms with Crippen LogP contribution in [0.15, 0.2) is 79.1 Å². The minimum atomic E-state index is 0.317. The van der Waals surface area contributed by atoms with Crippen LogP contribution in [-0.4, -0.2) is 10.1 Å². The zero-order valence-corrected chi connectivity index (χ0v) is 14.0. The van der Waals surface area contributed by atoms with Crippen molar-refractivity contribution >= 4 is 0 Å². The molecule has 1 heterocycles. The lowest BCUT2D eigenvalue weighted by molar-refractivity contribution is 0.473.